The molecule has 0 spiro atoms. The first-order valence-corrected chi connectivity index (χ1v) is 10.2. The van der Waals surface area contributed by atoms with Crippen molar-refractivity contribution in [2.75, 3.05) is 13.7 Å². The summed E-state index contributed by atoms with van der Waals surface area (Å²) in [6.07, 6.45) is -2.06. The van der Waals surface area contributed by atoms with E-state index >= 15 is 0 Å². The minimum Gasteiger partial charge on any atom is -0.386 e. The Hall–Kier alpha value is -2.99. The first-order chi connectivity index (χ1) is 14.7. The number of hydrogen-bond acceptors (Lipinski definition) is 9. The van der Waals surface area contributed by atoms with Gasteiger partial charge in [-0.2, -0.15) is 8.42 Å². The first kappa shape index (κ1) is 22.7. The molecular formula is C18H18FN5O6S. The molecule has 2 aromatic heterocycles. The Bertz CT molecular complexity index is 1220. The SMILES string of the molecule is CO[C@H](COS(N)(=O)=O)[C@@H](O)[C@@H](O)n1cnc2c(C#Cc3ccc(F)cc3)ncnc21. The van der Waals surface area contributed by atoms with Gasteiger partial charge in [0.25, 0.3) is 0 Å². The summed E-state index contributed by atoms with van der Waals surface area (Å²) in [4.78, 5) is 12.3. The Morgan fingerprint density at radius 1 is 1.19 bits per heavy atom. The number of rotatable bonds is 7. The Morgan fingerprint density at radius 3 is 2.55 bits per heavy atom. The van der Waals surface area contributed by atoms with Gasteiger partial charge in [0, 0.05) is 12.7 Å². The standard InChI is InChI=1S/C18H18FN5O6S/c1-29-14(8-30-31(20,27)28)16(25)18(26)24-10-23-15-13(21-9-22-17(15)24)7-4-11-2-5-12(19)6-3-11/h2-3,5-6,9-10,14,16,18,25-26H,8H2,1H3,(H2,20,27,28)/t14-,16-,18-/m1/s1. The summed E-state index contributed by atoms with van der Waals surface area (Å²) >= 11 is 0. The van der Waals surface area contributed by atoms with E-state index in [9.17, 15) is 23.0 Å². The maximum Gasteiger partial charge on any atom is 0.333 e. The average molecular weight is 451 g/mol. The lowest BCUT2D eigenvalue weighted by Gasteiger charge is -2.25. The highest BCUT2D eigenvalue weighted by Gasteiger charge is 2.30. The predicted molar refractivity (Wildman–Crippen MR) is 105 cm³/mol. The molecule has 0 radical (unpaired) electrons. The highest BCUT2D eigenvalue weighted by molar-refractivity contribution is 7.84. The van der Waals surface area contributed by atoms with E-state index in [1.807, 2.05) is 0 Å². The lowest BCUT2D eigenvalue weighted by atomic mass is 10.2. The molecule has 0 aliphatic heterocycles. The molecule has 1 aromatic carbocycles. The number of benzene rings is 1. The van der Waals surface area contributed by atoms with Gasteiger partial charge in [0.05, 0.1) is 12.9 Å². The number of aromatic nitrogens is 4. The van der Waals surface area contributed by atoms with Gasteiger partial charge in [-0.3, -0.25) is 8.75 Å². The molecule has 4 N–H and O–H groups in total. The number of aliphatic hydroxyl groups excluding tert-OH is 2. The molecule has 0 aliphatic carbocycles. The van der Waals surface area contributed by atoms with Crippen LogP contribution in [0.15, 0.2) is 36.9 Å². The Morgan fingerprint density at radius 2 is 1.90 bits per heavy atom. The first-order valence-electron chi connectivity index (χ1n) is 8.71. The van der Waals surface area contributed by atoms with Crippen molar-refractivity contribution >= 4 is 21.5 Å². The minimum absolute atomic E-state index is 0.159. The summed E-state index contributed by atoms with van der Waals surface area (Å²) in [7, 11) is -3.06. The number of ether oxygens (including phenoxy) is 1. The van der Waals surface area contributed by atoms with Crippen molar-refractivity contribution in [2.45, 2.75) is 18.4 Å². The molecule has 13 heteroatoms. The number of methoxy groups -OCH3 is 1. The van der Waals surface area contributed by atoms with Crippen LogP contribution in [0.2, 0.25) is 0 Å². The summed E-state index contributed by atoms with van der Waals surface area (Å²) in [6, 6.07) is 5.57. The van der Waals surface area contributed by atoms with Gasteiger partial charge in [-0.15, -0.1) is 0 Å². The molecule has 0 saturated heterocycles. The van der Waals surface area contributed by atoms with E-state index in [2.05, 4.69) is 31.0 Å². The summed E-state index contributed by atoms with van der Waals surface area (Å²) < 4.78 is 45.5. The van der Waals surface area contributed by atoms with E-state index in [4.69, 9.17) is 9.88 Å². The van der Waals surface area contributed by atoms with Gasteiger partial charge >= 0.3 is 10.3 Å². The van der Waals surface area contributed by atoms with E-state index in [0.717, 1.165) is 4.57 Å². The van der Waals surface area contributed by atoms with E-state index in [0.29, 0.717) is 5.56 Å². The molecule has 2 heterocycles. The molecule has 11 nitrogen and oxygen atoms in total. The lowest BCUT2D eigenvalue weighted by molar-refractivity contribution is -0.112. The number of aliphatic hydroxyl groups is 2. The smallest absolute Gasteiger partial charge is 0.333 e. The van der Waals surface area contributed by atoms with Gasteiger partial charge in [-0.25, -0.2) is 24.5 Å². The van der Waals surface area contributed by atoms with Crippen LogP contribution in [-0.2, 0) is 19.2 Å². The third-order valence-corrected chi connectivity index (χ3v) is 4.66. The van der Waals surface area contributed by atoms with Crippen LogP contribution in [0.1, 0.15) is 17.5 Å². The van der Waals surface area contributed by atoms with Gasteiger partial charge in [0.2, 0.25) is 0 Å². The van der Waals surface area contributed by atoms with E-state index in [-0.39, 0.29) is 22.7 Å². The molecule has 0 unspecified atom stereocenters. The van der Waals surface area contributed by atoms with Crippen LogP contribution in [-0.4, -0.2) is 64.1 Å². The number of halogens is 1. The van der Waals surface area contributed by atoms with Gasteiger partial charge < -0.3 is 14.9 Å². The van der Waals surface area contributed by atoms with Crippen LogP contribution in [0.25, 0.3) is 11.2 Å². The van der Waals surface area contributed by atoms with Gasteiger partial charge in [0.1, 0.15) is 35.6 Å². The topological polar surface area (TPSA) is 163 Å². The molecule has 3 aromatic rings. The second-order valence-electron chi connectivity index (χ2n) is 6.26. The highest BCUT2D eigenvalue weighted by Crippen LogP contribution is 2.21. The molecule has 0 saturated carbocycles. The zero-order valence-electron chi connectivity index (χ0n) is 16.1. The summed E-state index contributed by atoms with van der Waals surface area (Å²) in [5.41, 5.74) is 1.21. The predicted octanol–water partition coefficient (Wildman–Crippen LogP) is -0.548. The molecule has 0 amide bonds. The second-order valence-corrected chi connectivity index (χ2v) is 7.48. The summed E-state index contributed by atoms with van der Waals surface area (Å²) in [5.74, 6) is 5.25. The summed E-state index contributed by atoms with van der Waals surface area (Å²) in [6.45, 7) is -0.621. The summed E-state index contributed by atoms with van der Waals surface area (Å²) in [5, 5.41) is 25.7. The Kier molecular flexibility index (Phi) is 6.91. The van der Waals surface area contributed by atoms with Crippen molar-refractivity contribution in [2.24, 2.45) is 5.14 Å². The van der Waals surface area contributed by atoms with Gasteiger partial charge in [-0.1, -0.05) is 5.92 Å². The molecule has 164 valence electrons. The van der Waals surface area contributed by atoms with Gasteiger partial charge in [-0.05, 0) is 30.2 Å². The lowest BCUT2D eigenvalue weighted by Crippen LogP contribution is -2.40. The minimum atomic E-state index is -4.26. The number of hydrogen-bond donors (Lipinski definition) is 3. The van der Waals surface area contributed by atoms with Crippen molar-refractivity contribution < 1.29 is 31.9 Å². The van der Waals surface area contributed by atoms with Crippen molar-refractivity contribution in [3.05, 3.63) is 54.0 Å². The van der Waals surface area contributed by atoms with Crippen LogP contribution in [0.4, 0.5) is 4.39 Å². The van der Waals surface area contributed by atoms with Crippen molar-refractivity contribution in [3.8, 4) is 11.8 Å². The molecule has 0 bridgehead atoms. The van der Waals surface area contributed by atoms with E-state index < -0.39 is 35.3 Å². The van der Waals surface area contributed by atoms with Gasteiger partial charge in [0.15, 0.2) is 11.9 Å². The second kappa shape index (κ2) is 9.43. The van der Waals surface area contributed by atoms with Crippen molar-refractivity contribution in [1.29, 1.82) is 0 Å². The fourth-order valence-corrected chi connectivity index (χ4v) is 2.95. The van der Waals surface area contributed by atoms with E-state index in [1.54, 1.807) is 0 Å². The fourth-order valence-electron chi connectivity index (χ4n) is 2.63. The monoisotopic (exact) mass is 451 g/mol. The van der Waals surface area contributed by atoms with Crippen LogP contribution in [0, 0.1) is 17.7 Å². The quantitative estimate of drug-likeness (QED) is 0.400. The molecule has 0 fully saturated rings. The zero-order chi connectivity index (χ0) is 22.6. The Labute approximate surface area is 176 Å². The fraction of sp³-hybridized carbons (Fsp3) is 0.278. The normalized spacial score (nSPS) is 14.6. The van der Waals surface area contributed by atoms with E-state index in [1.165, 1.54) is 44.0 Å². The average Bonchev–Trinajstić information content (AvgIpc) is 3.17. The molecule has 3 rings (SSSR count). The van der Waals surface area contributed by atoms with Crippen LogP contribution in [0.5, 0.6) is 0 Å². The maximum atomic E-state index is 13.0. The van der Waals surface area contributed by atoms with Crippen LogP contribution >= 0.6 is 0 Å². The highest BCUT2D eigenvalue weighted by atomic mass is 32.2. The third-order valence-electron chi connectivity index (χ3n) is 4.20. The molecular weight excluding hydrogens is 433 g/mol. The third kappa shape index (κ3) is 5.58. The number of nitrogens with zero attached hydrogens (tertiary/aromatic N) is 4. The maximum absolute atomic E-state index is 13.0. The molecule has 3 atom stereocenters. The van der Waals surface area contributed by atoms with Crippen molar-refractivity contribution in [3.63, 3.8) is 0 Å². The van der Waals surface area contributed by atoms with Crippen LogP contribution in [0.3, 0.4) is 0 Å². The number of imidazole rings is 1. The largest absolute Gasteiger partial charge is 0.386 e. The zero-order valence-corrected chi connectivity index (χ0v) is 16.9. The number of nitrogens with two attached hydrogens (primary N) is 1. The number of fused-ring (bicyclic) bond motifs is 1. The van der Waals surface area contributed by atoms with Crippen molar-refractivity contribution in [1.82, 2.24) is 19.5 Å². The Balaban J connectivity index is 1.87. The molecule has 0 aliphatic rings. The molecule has 31 heavy (non-hydrogen) atoms. The van der Waals surface area contributed by atoms with Crippen LogP contribution < -0.4 is 5.14 Å².